The molecule has 0 saturated heterocycles. The lowest BCUT2D eigenvalue weighted by Gasteiger charge is -2.01. The first-order valence-corrected chi connectivity index (χ1v) is 3.00. The topological polar surface area (TPSA) is 0 Å². The standard InChI is InChI=1S/C8H6F3/c1-4-3-6(9)5(2)8(11)7(4)10/h3H,2H2,1H3. The van der Waals surface area contributed by atoms with Crippen molar-refractivity contribution in [2.24, 2.45) is 0 Å². The molecule has 59 valence electrons. The molecule has 1 rings (SSSR count). The van der Waals surface area contributed by atoms with Crippen molar-refractivity contribution in [3.05, 3.63) is 41.6 Å². The highest BCUT2D eigenvalue weighted by Crippen LogP contribution is 2.17. The Kier molecular flexibility index (Phi) is 1.89. The van der Waals surface area contributed by atoms with Gasteiger partial charge in [-0.05, 0) is 25.5 Å². The van der Waals surface area contributed by atoms with Gasteiger partial charge in [0.25, 0.3) is 0 Å². The number of halogens is 3. The van der Waals surface area contributed by atoms with Gasteiger partial charge in [0, 0.05) is 5.56 Å². The SMILES string of the molecule is [CH2]c1c(F)cc(C)c(F)c1F. The van der Waals surface area contributed by atoms with E-state index < -0.39 is 23.0 Å². The van der Waals surface area contributed by atoms with E-state index in [0.29, 0.717) is 0 Å². The third-order valence-corrected chi connectivity index (χ3v) is 1.44. The highest BCUT2D eigenvalue weighted by atomic mass is 19.2. The van der Waals surface area contributed by atoms with Crippen LogP contribution in [-0.2, 0) is 0 Å². The molecule has 1 aromatic rings. The maximum Gasteiger partial charge on any atom is 0.165 e. The summed E-state index contributed by atoms with van der Waals surface area (Å²) in [7, 11) is 0. The molecule has 0 aliphatic heterocycles. The molecule has 3 heteroatoms. The molecule has 0 saturated carbocycles. The average molecular weight is 159 g/mol. The lowest BCUT2D eigenvalue weighted by molar-refractivity contribution is 0.484. The summed E-state index contributed by atoms with van der Waals surface area (Å²) in [6, 6.07) is 0.917. The fraction of sp³-hybridized carbons (Fsp3) is 0.125. The third-order valence-electron chi connectivity index (χ3n) is 1.44. The van der Waals surface area contributed by atoms with Crippen LogP contribution in [0.2, 0.25) is 0 Å². The summed E-state index contributed by atoms with van der Waals surface area (Å²) in [4.78, 5) is 0. The van der Waals surface area contributed by atoms with E-state index in [2.05, 4.69) is 6.92 Å². The minimum absolute atomic E-state index is 0.0487. The van der Waals surface area contributed by atoms with Gasteiger partial charge < -0.3 is 0 Å². The van der Waals surface area contributed by atoms with Crippen molar-refractivity contribution in [2.45, 2.75) is 6.92 Å². The zero-order valence-electron chi connectivity index (χ0n) is 5.92. The van der Waals surface area contributed by atoms with Crippen LogP contribution in [0.4, 0.5) is 13.2 Å². The maximum absolute atomic E-state index is 12.6. The Morgan fingerprint density at radius 3 is 2.27 bits per heavy atom. The molecule has 0 nitrogen and oxygen atoms in total. The number of rotatable bonds is 0. The monoisotopic (exact) mass is 159 g/mol. The van der Waals surface area contributed by atoms with Crippen LogP contribution in [-0.4, -0.2) is 0 Å². The van der Waals surface area contributed by atoms with Crippen molar-refractivity contribution >= 4 is 0 Å². The lowest BCUT2D eigenvalue weighted by atomic mass is 10.1. The average Bonchev–Trinajstić information content (AvgIpc) is 1.97. The Balaban J connectivity index is 3.46. The molecule has 0 aliphatic carbocycles. The van der Waals surface area contributed by atoms with Crippen LogP contribution in [0.5, 0.6) is 0 Å². The molecular weight excluding hydrogens is 153 g/mol. The van der Waals surface area contributed by atoms with E-state index >= 15 is 0 Å². The van der Waals surface area contributed by atoms with Crippen LogP contribution in [0, 0.1) is 31.3 Å². The van der Waals surface area contributed by atoms with Crippen LogP contribution in [0.15, 0.2) is 6.07 Å². The second-order valence-electron chi connectivity index (χ2n) is 2.28. The Bertz CT molecular complexity index is 266. The van der Waals surface area contributed by atoms with E-state index in [9.17, 15) is 13.2 Å². The predicted octanol–water partition coefficient (Wildman–Crippen LogP) is 2.59. The second-order valence-corrected chi connectivity index (χ2v) is 2.28. The van der Waals surface area contributed by atoms with Crippen molar-refractivity contribution in [3.8, 4) is 0 Å². The van der Waals surface area contributed by atoms with E-state index in [1.807, 2.05) is 0 Å². The van der Waals surface area contributed by atoms with E-state index in [1.54, 1.807) is 0 Å². The molecule has 0 spiro atoms. The molecule has 11 heavy (non-hydrogen) atoms. The molecule has 0 fully saturated rings. The second kappa shape index (κ2) is 2.57. The fourth-order valence-corrected chi connectivity index (χ4v) is 0.751. The molecule has 1 aromatic carbocycles. The summed E-state index contributed by atoms with van der Waals surface area (Å²) in [6.45, 7) is 4.32. The van der Waals surface area contributed by atoms with E-state index in [-0.39, 0.29) is 5.56 Å². The van der Waals surface area contributed by atoms with Gasteiger partial charge in [-0.3, -0.25) is 0 Å². The molecule has 0 amide bonds. The molecule has 1 radical (unpaired) electrons. The Labute approximate surface area is 62.7 Å². The van der Waals surface area contributed by atoms with Gasteiger partial charge >= 0.3 is 0 Å². The highest BCUT2D eigenvalue weighted by molar-refractivity contribution is 5.28. The lowest BCUT2D eigenvalue weighted by Crippen LogP contribution is -1.96. The van der Waals surface area contributed by atoms with Crippen LogP contribution in [0.3, 0.4) is 0 Å². The van der Waals surface area contributed by atoms with Crippen molar-refractivity contribution < 1.29 is 13.2 Å². The van der Waals surface area contributed by atoms with E-state index in [1.165, 1.54) is 6.92 Å². The summed E-state index contributed by atoms with van der Waals surface area (Å²) < 4.78 is 37.7. The summed E-state index contributed by atoms with van der Waals surface area (Å²) in [6.07, 6.45) is 0. The van der Waals surface area contributed by atoms with Crippen LogP contribution < -0.4 is 0 Å². The molecule has 0 aromatic heterocycles. The number of benzene rings is 1. The first-order valence-electron chi connectivity index (χ1n) is 3.00. The molecule has 0 atom stereocenters. The van der Waals surface area contributed by atoms with Gasteiger partial charge in [-0.1, -0.05) is 0 Å². The number of hydrogen-bond acceptors (Lipinski definition) is 0. The predicted molar refractivity (Wildman–Crippen MR) is 35.5 cm³/mol. The molecule has 0 aliphatic rings. The van der Waals surface area contributed by atoms with Crippen LogP contribution in [0.25, 0.3) is 0 Å². The van der Waals surface area contributed by atoms with Crippen molar-refractivity contribution in [1.82, 2.24) is 0 Å². The summed E-state index contributed by atoms with van der Waals surface area (Å²) in [5, 5.41) is 0. The van der Waals surface area contributed by atoms with Crippen LogP contribution >= 0.6 is 0 Å². The fourth-order valence-electron chi connectivity index (χ4n) is 0.751. The first-order chi connectivity index (χ1) is 5.04. The number of aryl methyl sites for hydroxylation is 1. The molecule has 0 N–H and O–H groups in total. The Morgan fingerprint density at radius 2 is 1.73 bits per heavy atom. The third kappa shape index (κ3) is 1.23. The van der Waals surface area contributed by atoms with Crippen molar-refractivity contribution in [3.63, 3.8) is 0 Å². The summed E-state index contributed by atoms with van der Waals surface area (Å²) in [5.41, 5.74) is -0.569. The van der Waals surface area contributed by atoms with E-state index in [4.69, 9.17) is 0 Å². The smallest absolute Gasteiger partial charge is 0.165 e. The first kappa shape index (κ1) is 8.11. The van der Waals surface area contributed by atoms with Gasteiger partial charge in [0.05, 0.1) is 0 Å². The highest BCUT2D eigenvalue weighted by Gasteiger charge is 2.12. The maximum atomic E-state index is 12.6. The summed E-state index contributed by atoms with van der Waals surface area (Å²) >= 11 is 0. The molecule has 0 bridgehead atoms. The van der Waals surface area contributed by atoms with Gasteiger partial charge in [0.1, 0.15) is 5.82 Å². The quantitative estimate of drug-likeness (QED) is 0.510. The van der Waals surface area contributed by atoms with Gasteiger partial charge in [-0.25, -0.2) is 13.2 Å². The number of hydrogen-bond donors (Lipinski definition) is 0. The Hall–Kier alpha value is -0.990. The Morgan fingerprint density at radius 1 is 1.18 bits per heavy atom. The minimum atomic E-state index is -1.21. The van der Waals surface area contributed by atoms with Crippen molar-refractivity contribution in [1.29, 1.82) is 0 Å². The minimum Gasteiger partial charge on any atom is -0.207 e. The van der Waals surface area contributed by atoms with Gasteiger partial charge in [-0.15, -0.1) is 0 Å². The largest absolute Gasteiger partial charge is 0.207 e. The van der Waals surface area contributed by atoms with E-state index in [0.717, 1.165) is 6.07 Å². The van der Waals surface area contributed by atoms with Gasteiger partial charge in [-0.2, -0.15) is 0 Å². The van der Waals surface area contributed by atoms with Gasteiger partial charge in [0.15, 0.2) is 11.6 Å². The zero-order chi connectivity index (χ0) is 8.59. The molecule has 0 heterocycles. The normalized spacial score (nSPS) is 10.3. The molecular formula is C8H6F3. The molecule has 0 unspecified atom stereocenters. The van der Waals surface area contributed by atoms with Crippen molar-refractivity contribution in [2.75, 3.05) is 0 Å². The van der Waals surface area contributed by atoms with Crippen LogP contribution in [0.1, 0.15) is 11.1 Å². The summed E-state index contributed by atoms with van der Waals surface area (Å²) in [5.74, 6) is -3.06. The van der Waals surface area contributed by atoms with Gasteiger partial charge in [0.2, 0.25) is 0 Å². The zero-order valence-corrected chi connectivity index (χ0v) is 5.92.